The number of carbonyl (C=O) groups excluding carboxylic acids is 1. The largest absolute Gasteiger partial charge is 0.349 e. The van der Waals surface area contributed by atoms with Crippen LogP contribution in [0.5, 0.6) is 0 Å². The van der Waals surface area contributed by atoms with Crippen LogP contribution in [0.2, 0.25) is 10.0 Å². The van der Waals surface area contributed by atoms with Crippen LogP contribution in [0.25, 0.3) is 0 Å². The van der Waals surface area contributed by atoms with Crippen LogP contribution in [-0.2, 0) is 21.2 Å². The number of nitrogens with zero attached hydrogens (tertiary/aromatic N) is 1. The molecule has 1 aromatic rings. The van der Waals surface area contributed by atoms with Crippen LogP contribution in [0.4, 0.5) is 0 Å². The maximum absolute atomic E-state index is 12.2. The Bertz CT molecular complexity index is 709. The van der Waals surface area contributed by atoms with Gasteiger partial charge in [0.05, 0.1) is 33.6 Å². The molecule has 0 aliphatic carbocycles. The van der Waals surface area contributed by atoms with Crippen molar-refractivity contribution in [3.8, 4) is 0 Å². The second-order valence-electron chi connectivity index (χ2n) is 6.34. The number of rotatable bonds is 5. The molecule has 1 fully saturated rings. The number of nitrogens with one attached hydrogen (secondary N) is 1. The van der Waals surface area contributed by atoms with Gasteiger partial charge in [-0.1, -0.05) is 35.3 Å². The van der Waals surface area contributed by atoms with Crippen LogP contribution in [0.1, 0.15) is 18.9 Å². The number of benzene rings is 1. The van der Waals surface area contributed by atoms with E-state index in [1.54, 1.807) is 24.9 Å². The van der Waals surface area contributed by atoms with Gasteiger partial charge in [-0.2, -0.15) is 0 Å². The van der Waals surface area contributed by atoms with Gasteiger partial charge in [0.15, 0.2) is 9.84 Å². The number of sulfone groups is 1. The summed E-state index contributed by atoms with van der Waals surface area (Å²) in [5, 5.41) is 3.79. The molecule has 1 aliphatic heterocycles. The Balaban J connectivity index is 1.91. The van der Waals surface area contributed by atoms with Gasteiger partial charge in [-0.05, 0) is 32.0 Å². The van der Waals surface area contributed by atoms with Crippen molar-refractivity contribution in [3.63, 3.8) is 0 Å². The maximum atomic E-state index is 12.2. The third kappa shape index (κ3) is 5.08. The van der Waals surface area contributed by atoms with E-state index in [1.807, 2.05) is 12.1 Å². The van der Waals surface area contributed by atoms with E-state index in [0.29, 0.717) is 23.0 Å². The Morgan fingerprint density at radius 2 is 2.09 bits per heavy atom. The van der Waals surface area contributed by atoms with Gasteiger partial charge >= 0.3 is 0 Å². The Labute approximate surface area is 146 Å². The first kappa shape index (κ1) is 18.5. The Morgan fingerprint density at radius 1 is 1.39 bits per heavy atom. The molecule has 1 unspecified atom stereocenters. The summed E-state index contributed by atoms with van der Waals surface area (Å²) in [6.07, 6.45) is 0.449. The van der Waals surface area contributed by atoms with E-state index in [2.05, 4.69) is 5.32 Å². The quantitative estimate of drug-likeness (QED) is 0.851. The Morgan fingerprint density at radius 3 is 2.70 bits per heavy atom. The fourth-order valence-electron chi connectivity index (χ4n) is 2.75. The van der Waals surface area contributed by atoms with Crippen LogP contribution in [0, 0.1) is 0 Å². The van der Waals surface area contributed by atoms with Gasteiger partial charge in [-0.25, -0.2) is 8.42 Å². The van der Waals surface area contributed by atoms with E-state index in [9.17, 15) is 13.2 Å². The lowest BCUT2D eigenvalue weighted by Crippen LogP contribution is -2.49. The molecule has 1 saturated heterocycles. The highest BCUT2D eigenvalue weighted by atomic mass is 35.5. The fraction of sp³-hybridized carbons (Fsp3) is 0.533. The third-order valence-corrected chi connectivity index (χ3v) is 6.59. The van der Waals surface area contributed by atoms with Gasteiger partial charge in [-0.15, -0.1) is 0 Å². The number of hydrogen-bond donors (Lipinski definition) is 1. The molecule has 0 bridgehead atoms. The summed E-state index contributed by atoms with van der Waals surface area (Å²) >= 11 is 12.1. The van der Waals surface area contributed by atoms with Gasteiger partial charge in [0.2, 0.25) is 5.91 Å². The lowest BCUT2D eigenvalue weighted by atomic mass is 10.0. The van der Waals surface area contributed by atoms with Crippen molar-refractivity contribution in [3.05, 3.63) is 33.8 Å². The Hall–Kier alpha value is -0.820. The summed E-state index contributed by atoms with van der Waals surface area (Å²) in [6, 6.07) is 5.37. The van der Waals surface area contributed by atoms with Crippen LogP contribution in [0.3, 0.4) is 0 Å². The predicted molar refractivity (Wildman–Crippen MR) is 92.6 cm³/mol. The molecule has 0 saturated carbocycles. The molecule has 2 rings (SSSR count). The van der Waals surface area contributed by atoms with Crippen LogP contribution < -0.4 is 5.32 Å². The molecule has 1 heterocycles. The molecule has 0 aromatic heterocycles. The van der Waals surface area contributed by atoms with Crippen molar-refractivity contribution in [1.29, 1.82) is 0 Å². The maximum Gasteiger partial charge on any atom is 0.234 e. The molecule has 8 heteroatoms. The standard InChI is InChI=1S/C15H20Cl2N2O3S/c1-15(6-7-23(21,22)10-15)18-13(20)9-19(2)8-11-4-3-5-12(16)14(11)17/h3-5H,6-10H2,1-2H3,(H,18,20). The average Bonchev–Trinajstić information content (AvgIpc) is 2.68. The predicted octanol–water partition coefficient (Wildman–Crippen LogP) is 2.12. The lowest BCUT2D eigenvalue weighted by Gasteiger charge is -2.26. The van der Waals surface area contributed by atoms with Gasteiger partial charge in [0.1, 0.15) is 0 Å². The molecule has 1 N–H and O–H groups in total. The summed E-state index contributed by atoms with van der Waals surface area (Å²) in [5.41, 5.74) is 0.161. The number of likely N-dealkylation sites (N-methyl/N-ethyl adjacent to an activating group) is 1. The molecule has 1 atom stereocenters. The fourth-order valence-corrected chi connectivity index (χ4v) is 5.22. The number of carbonyl (C=O) groups is 1. The first-order valence-corrected chi connectivity index (χ1v) is 9.81. The third-order valence-electron chi connectivity index (χ3n) is 3.83. The summed E-state index contributed by atoms with van der Waals surface area (Å²) in [6.45, 7) is 2.39. The highest BCUT2D eigenvalue weighted by molar-refractivity contribution is 7.91. The first-order valence-electron chi connectivity index (χ1n) is 7.23. The highest BCUT2D eigenvalue weighted by Gasteiger charge is 2.39. The molecular formula is C15H20Cl2N2O3S. The van der Waals surface area contributed by atoms with E-state index in [-0.39, 0.29) is 24.0 Å². The topological polar surface area (TPSA) is 66.5 Å². The average molecular weight is 379 g/mol. The van der Waals surface area contributed by atoms with Crippen LogP contribution in [0.15, 0.2) is 18.2 Å². The van der Waals surface area contributed by atoms with Gasteiger partial charge in [-0.3, -0.25) is 9.69 Å². The molecule has 0 spiro atoms. The minimum absolute atomic E-state index is 0.00439. The number of halogens is 2. The van der Waals surface area contributed by atoms with E-state index in [4.69, 9.17) is 23.2 Å². The minimum atomic E-state index is -3.05. The summed E-state index contributed by atoms with van der Waals surface area (Å²) < 4.78 is 23.1. The van der Waals surface area contributed by atoms with Crippen molar-refractivity contribution in [1.82, 2.24) is 10.2 Å². The number of hydrogen-bond acceptors (Lipinski definition) is 4. The number of amides is 1. The van der Waals surface area contributed by atoms with E-state index < -0.39 is 15.4 Å². The zero-order valence-electron chi connectivity index (χ0n) is 13.1. The molecule has 5 nitrogen and oxygen atoms in total. The van der Waals surface area contributed by atoms with E-state index in [0.717, 1.165) is 5.56 Å². The smallest absolute Gasteiger partial charge is 0.234 e. The Kier molecular flexibility index (Phi) is 5.61. The zero-order valence-corrected chi connectivity index (χ0v) is 15.4. The minimum Gasteiger partial charge on any atom is -0.349 e. The van der Waals surface area contributed by atoms with Crippen molar-refractivity contribution in [2.24, 2.45) is 0 Å². The van der Waals surface area contributed by atoms with Gasteiger partial charge in [0.25, 0.3) is 0 Å². The van der Waals surface area contributed by atoms with Gasteiger partial charge < -0.3 is 5.32 Å². The van der Waals surface area contributed by atoms with E-state index >= 15 is 0 Å². The van der Waals surface area contributed by atoms with Crippen LogP contribution in [-0.4, -0.2) is 49.9 Å². The molecule has 1 aromatic carbocycles. The first-order chi connectivity index (χ1) is 10.6. The lowest BCUT2D eigenvalue weighted by molar-refractivity contribution is -0.123. The molecular weight excluding hydrogens is 359 g/mol. The van der Waals surface area contributed by atoms with Crippen LogP contribution >= 0.6 is 23.2 Å². The summed E-state index contributed by atoms with van der Waals surface area (Å²) in [5.74, 6) is -0.0851. The molecule has 1 amide bonds. The molecule has 23 heavy (non-hydrogen) atoms. The monoisotopic (exact) mass is 378 g/mol. The molecule has 0 radical (unpaired) electrons. The second-order valence-corrected chi connectivity index (χ2v) is 9.31. The van der Waals surface area contributed by atoms with E-state index in [1.165, 1.54) is 0 Å². The summed E-state index contributed by atoms with van der Waals surface area (Å²) in [7, 11) is -1.25. The molecule has 128 valence electrons. The summed E-state index contributed by atoms with van der Waals surface area (Å²) in [4.78, 5) is 14.0. The van der Waals surface area contributed by atoms with Gasteiger partial charge in [0, 0.05) is 6.54 Å². The zero-order chi connectivity index (χ0) is 17.3. The normalized spacial score (nSPS) is 23.2. The highest BCUT2D eigenvalue weighted by Crippen LogP contribution is 2.26. The SMILES string of the molecule is CN(CC(=O)NC1(C)CCS(=O)(=O)C1)Cc1cccc(Cl)c1Cl. The molecule has 1 aliphatic rings. The van der Waals surface area contributed by atoms with Crippen molar-refractivity contribution < 1.29 is 13.2 Å². The van der Waals surface area contributed by atoms with Crippen molar-refractivity contribution >= 4 is 38.9 Å². The van der Waals surface area contributed by atoms with Crippen molar-refractivity contribution in [2.75, 3.05) is 25.1 Å². The second kappa shape index (κ2) is 6.97. The van der Waals surface area contributed by atoms with Crippen molar-refractivity contribution in [2.45, 2.75) is 25.4 Å².